The molecule has 0 radical (unpaired) electrons. The number of carbonyl (C=O) groups is 1. The Bertz CT molecular complexity index is 976. The summed E-state index contributed by atoms with van der Waals surface area (Å²) < 4.78 is 0. The summed E-state index contributed by atoms with van der Waals surface area (Å²) in [4.78, 5) is 24.8. The van der Waals surface area contributed by atoms with Gasteiger partial charge in [-0.25, -0.2) is 15.0 Å². The van der Waals surface area contributed by atoms with Gasteiger partial charge in [-0.3, -0.25) is 4.79 Å². The fraction of sp³-hybridized carbons (Fsp3) is 0.143. The van der Waals surface area contributed by atoms with E-state index in [4.69, 9.17) is 11.6 Å². The quantitative estimate of drug-likeness (QED) is 0.387. The molecule has 0 aliphatic carbocycles. The van der Waals surface area contributed by atoms with Crippen LogP contribution >= 0.6 is 11.6 Å². The summed E-state index contributed by atoms with van der Waals surface area (Å²) in [6.45, 7) is 2.80. The first-order valence-corrected chi connectivity index (χ1v) is 9.45. The molecule has 0 bridgehead atoms. The fourth-order valence-electron chi connectivity index (χ4n) is 2.47. The lowest BCUT2D eigenvalue weighted by molar-refractivity contribution is -0.116. The van der Waals surface area contributed by atoms with Gasteiger partial charge in [-0.05, 0) is 42.8 Å². The number of pyridine rings is 1. The van der Waals surface area contributed by atoms with Gasteiger partial charge in [-0.2, -0.15) is 0 Å². The van der Waals surface area contributed by atoms with Crippen LogP contribution < -0.4 is 16.0 Å². The Kier molecular flexibility index (Phi) is 7.13. The number of benzene rings is 1. The first-order chi connectivity index (χ1) is 14.1. The maximum absolute atomic E-state index is 11.9. The molecule has 3 N–H and O–H groups in total. The van der Waals surface area contributed by atoms with E-state index in [1.165, 1.54) is 6.08 Å². The lowest BCUT2D eigenvalue weighted by Gasteiger charge is -2.10. The second-order valence-electron chi connectivity index (χ2n) is 6.13. The van der Waals surface area contributed by atoms with Crippen molar-refractivity contribution in [1.82, 2.24) is 20.3 Å². The van der Waals surface area contributed by atoms with Crippen molar-refractivity contribution in [2.24, 2.45) is 0 Å². The maximum atomic E-state index is 11.9. The first kappa shape index (κ1) is 20.3. The van der Waals surface area contributed by atoms with Crippen LogP contribution in [0, 0.1) is 6.92 Å². The third kappa shape index (κ3) is 6.90. The zero-order chi connectivity index (χ0) is 20.5. The molecule has 0 aliphatic rings. The molecule has 2 aromatic heterocycles. The van der Waals surface area contributed by atoms with Crippen molar-refractivity contribution in [1.29, 1.82) is 0 Å². The number of carbonyl (C=O) groups excluding carboxylic acids is 1. The zero-order valence-corrected chi connectivity index (χ0v) is 16.6. The van der Waals surface area contributed by atoms with Crippen molar-refractivity contribution in [3.8, 4) is 0 Å². The summed E-state index contributed by atoms with van der Waals surface area (Å²) in [5.74, 6) is 2.48. The molecule has 29 heavy (non-hydrogen) atoms. The Morgan fingerprint density at radius 1 is 1.03 bits per heavy atom. The van der Waals surface area contributed by atoms with Gasteiger partial charge in [-0.1, -0.05) is 29.8 Å². The Balaban J connectivity index is 1.46. The van der Waals surface area contributed by atoms with Gasteiger partial charge in [0.2, 0.25) is 5.91 Å². The molecule has 0 saturated carbocycles. The van der Waals surface area contributed by atoms with Crippen LogP contribution in [0.5, 0.6) is 0 Å². The van der Waals surface area contributed by atoms with Crippen LogP contribution in [0.1, 0.15) is 11.4 Å². The van der Waals surface area contributed by atoms with Crippen LogP contribution in [0.2, 0.25) is 5.02 Å². The number of nitrogens with one attached hydrogen (secondary N) is 3. The number of aryl methyl sites for hydroxylation is 1. The lowest BCUT2D eigenvalue weighted by Crippen LogP contribution is -2.27. The average Bonchev–Trinajstić information content (AvgIpc) is 2.71. The Morgan fingerprint density at radius 2 is 1.83 bits per heavy atom. The van der Waals surface area contributed by atoms with Crippen molar-refractivity contribution >= 4 is 41.0 Å². The van der Waals surface area contributed by atoms with Crippen LogP contribution in [0.4, 0.5) is 17.5 Å². The smallest absolute Gasteiger partial charge is 0.244 e. The number of nitrogens with zero attached hydrogens (tertiary/aromatic N) is 3. The molecule has 2 heterocycles. The topological polar surface area (TPSA) is 91.8 Å². The molecule has 0 aliphatic heterocycles. The highest BCUT2D eigenvalue weighted by atomic mass is 35.5. The second-order valence-corrected chi connectivity index (χ2v) is 6.56. The molecule has 0 spiro atoms. The van der Waals surface area contributed by atoms with Gasteiger partial charge in [-0.15, -0.1) is 0 Å². The molecule has 3 aromatic rings. The van der Waals surface area contributed by atoms with Crippen LogP contribution in [0.15, 0.2) is 60.8 Å². The summed E-state index contributed by atoms with van der Waals surface area (Å²) in [5, 5.41) is 9.81. The van der Waals surface area contributed by atoms with E-state index < -0.39 is 0 Å². The highest BCUT2D eigenvalue weighted by molar-refractivity contribution is 6.30. The highest BCUT2D eigenvalue weighted by Gasteiger charge is 2.03. The van der Waals surface area contributed by atoms with Crippen molar-refractivity contribution < 1.29 is 4.79 Å². The fourth-order valence-corrected chi connectivity index (χ4v) is 2.60. The molecule has 3 rings (SSSR count). The molecule has 0 atom stereocenters. The predicted molar refractivity (Wildman–Crippen MR) is 116 cm³/mol. The van der Waals surface area contributed by atoms with Crippen molar-refractivity contribution in [2.45, 2.75) is 6.92 Å². The zero-order valence-electron chi connectivity index (χ0n) is 15.9. The van der Waals surface area contributed by atoms with Gasteiger partial charge >= 0.3 is 0 Å². The summed E-state index contributed by atoms with van der Waals surface area (Å²) in [7, 11) is 0. The molecular weight excluding hydrogens is 388 g/mol. The first-order valence-electron chi connectivity index (χ1n) is 9.07. The SMILES string of the molecule is Cc1nc(NCCNC(=O)/C=C/c2ccc(Cl)cc2)cc(Nc2ccccn2)n1. The number of hydrogen-bond donors (Lipinski definition) is 3. The van der Waals surface area contributed by atoms with Gasteiger partial charge in [0.05, 0.1) is 0 Å². The maximum Gasteiger partial charge on any atom is 0.244 e. The molecular formula is C21H21ClN6O. The summed E-state index contributed by atoms with van der Waals surface area (Å²) in [6, 6.07) is 14.7. The molecule has 0 fully saturated rings. The lowest BCUT2D eigenvalue weighted by atomic mass is 10.2. The van der Waals surface area contributed by atoms with E-state index >= 15 is 0 Å². The number of rotatable bonds is 8. The Morgan fingerprint density at radius 3 is 2.59 bits per heavy atom. The summed E-state index contributed by atoms with van der Waals surface area (Å²) in [6.07, 6.45) is 4.94. The Hall–Kier alpha value is -3.45. The molecule has 1 aromatic carbocycles. The van der Waals surface area contributed by atoms with Crippen molar-refractivity contribution in [3.63, 3.8) is 0 Å². The van der Waals surface area contributed by atoms with Gasteiger partial charge in [0.15, 0.2) is 0 Å². The standard InChI is InChI=1S/C21H21ClN6O/c1-15-26-19(14-20(27-15)28-18-4-2-3-11-23-18)24-12-13-25-21(29)10-7-16-5-8-17(22)9-6-16/h2-11,14H,12-13H2,1H3,(H,25,29)(H2,23,24,26,27,28)/b10-7+. The van der Waals surface area contributed by atoms with E-state index in [-0.39, 0.29) is 5.91 Å². The van der Waals surface area contributed by atoms with E-state index in [1.54, 1.807) is 30.5 Å². The third-order valence-electron chi connectivity index (χ3n) is 3.79. The van der Waals surface area contributed by atoms with Crippen LogP contribution in [-0.2, 0) is 4.79 Å². The van der Waals surface area contributed by atoms with E-state index in [0.717, 1.165) is 5.56 Å². The average molecular weight is 409 g/mol. The number of amides is 1. The molecule has 0 saturated heterocycles. The minimum absolute atomic E-state index is 0.168. The molecule has 8 heteroatoms. The largest absolute Gasteiger partial charge is 0.368 e. The third-order valence-corrected chi connectivity index (χ3v) is 4.04. The minimum atomic E-state index is -0.168. The van der Waals surface area contributed by atoms with Gasteiger partial charge in [0.25, 0.3) is 0 Å². The predicted octanol–water partition coefficient (Wildman–Crippen LogP) is 3.82. The van der Waals surface area contributed by atoms with Crippen LogP contribution in [0.3, 0.4) is 0 Å². The highest BCUT2D eigenvalue weighted by Crippen LogP contribution is 2.15. The van der Waals surface area contributed by atoms with Crippen molar-refractivity contribution in [3.05, 3.63) is 77.2 Å². The van der Waals surface area contributed by atoms with Crippen LogP contribution in [-0.4, -0.2) is 33.9 Å². The number of hydrogen-bond acceptors (Lipinski definition) is 6. The number of anilines is 3. The normalized spacial score (nSPS) is 10.7. The van der Waals surface area contributed by atoms with Crippen molar-refractivity contribution in [2.75, 3.05) is 23.7 Å². The number of halogens is 1. The summed E-state index contributed by atoms with van der Waals surface area (Å²) >= 11 is 5.84. The van der Waals surface area contributed by atoms with Crippen LogP contribution in [0.25, 0.3) is 6.08 Å². The van der Waals surface area contributed by atoms with E-state index in [0.29, 0.717) is 41.4 Å². The van der Waals surface area contributed by atoms with E-state index in [2.05, 4.69) is 30.9 Å². The van der Waals surface area contributed by atoms with E-state index in [9.17, 15) is 4.79 Å². The monoisotopic (exact) mass is 408 g/mol. The minimum Gasteiger partial charge on any atom is -0.368 e. The van der Waals surface area contributed by atoms with Gasteiger partial charge in [0.1, 0.15) is 23.3 Å². The number of aromatic nitrogens is 3. The Labute approximate surface area is 174 Å². The van der Waals surface area contributed by atoms with E-state index in [1.807, 2.05) is 37.3 Å². The second kappa shape index (κ2) is 10.2. The molecule has 7 nitrogen and oxygen atoms in total. The summed E-state index contributed by atoms with van der Waals surface area (Å²) in [5.41, 5.74) is 0.909. The molecule has 0 unspecified atom stereocenters. The van der Waals surface area contributed by atoms with Gasteiger partial charge in [0, 0.05) is 36.5 Å². The molecule has 148 valence electrons. The van der Waals surface area contributed by atoms with Gasteiger partial charge < -0.3 is 16.0 Å². The molecule has 1 amide bonds.